The van der Waals surface area contributed by atoms with Gasteiger partial charge in [-0.25, -0.2) is 0 Å². The summed E-state index contributed by atoms with van der Waals surface area (Å²) in [5.74, 6) is 0. The predicted octanol–water partition coefficient (Wildman–Crippen LogP) is 4.70. The van der Waals surface area contributed by atoms with Crippen molar-refractivity contribution in [1.82, 2.24) is 0 Å². The lowest BCUT2D eigenvalue weighted by molar-refractivity contribution is 0.0644. The van der Waals surface area contributed by atoms with Gasteiger partial charge in [-0.15, -0.1) is 0 Å². The van der Waals surface area contributed by atoms with Crippen LogP contribution in [-0.4, -0.2) is 31.1 Å². The Labute approximate surface area is 158 Å². The van der Waals surface area contributed by atoms with Crippen molar-refractivity contribution in [3.05, 3.63) is 45.4 Å². The zero-order valence-corrected chi connectivity index (χ0v) is 17.9. The Morgan fingerprint density at radius 2 is 1.24 bits per heavy atom. The number of aliphatic hydroxyl groups excluding tert-OH is 2. The Kier molecular flexibility index (Phi) is 5.20. The van der Waals surface area contributed by atoms with E-state index in [9.17, 15) is 10.2 Å². The quantitative estimate of drug-likeness (QED) is 0.492. The first-order valence-electron chi connectivity index (χ1n) is 6.42. The molecular weight excluding hydrogens is 532 g/mol. The molecule has 0 radical (unpaired) electrons. The van der Waals surface area contributed by atoms with Gasteiger partial charge in [0.25, 0.3) is 0 Å². The maximum Gasteiger partial charge on any atom is 0.0918 e. The van der Waals surface area contributed by atoms with E-state index in [2.05, 4.69) is 63.7 Å². The van der Waals surface area contributed by atoms with E-state index < -0.39 is 26.3 Å². The van der Waals surface area contributed by atoms with Gasteiger partial charge in [-0.05, 0) is 12.2 Å². The molecule has 0 fully saturated rings. The Bertz CT molecular complexity index is 516. The fraction of sp³-hybridized carbons (Fsp3) is 0.467. The lowest BCUT2D eigenvalue weighted by Crippen LogP contribution is -2.60. The minimum atomic E-state index is -0.743. The average molecular weight is 548 g/mol. The highest BCUT2D eigenvalue weighted by Gasteiger charge is 2.59. The smallest absolute Gasteiger partial charge is 0.0918 e. The molecule has 0 aromatic heterocycles. The van der Waals surface area contributed by atoms with E-state index in [1.54, 1.807) is 12.2 Å². The molecular formula is C15H16Br4O2. The summed E-state index contributed by atoms with van der Waals surface area (Å²) >= 11 is 14.4. The second kappa shape index (κ2) is 6.02. The normalized spacial score (nSPS) is 40.0. The summed E-state index contributed by atoms with van der Waals surface area (Å²) in [6, 6.07) is 0. The molecule has 2 aliphatic rings. The molecule has 0 aromatic carbocycles. The molecule has 4 unspecified atom stereocenters. The number of rotatable bonds is 2. The Morgan fingerprint density at radius 3 is 1.57 bits per heavy atom. The minimum absolute atomic E-state index is 0.563. The van der Waals surface area contributed by atoms with E-state index in [1.165, 1.54) is 0 Å². The van der Waals surface area contributed by atoms with Gasteiger partial charge in [-0.1, -0.05) is 102 Å². The van der Waals surface area contributed by atoms with E-state index in [-0.39, 0.29) is 0 Å². The lowest BCUT2D eigenvalue weighted by atomic mass is 9.63. The molecule has 21 heavy (non-hydrogen) atoms. The molecule has 0 amide bonds. The molecule has 6 heteroatoms. The molecule has 116 valence electrons. The Morgan fingerprint density at radius 1 is 0.905 bits per heavy atom. The average Bonchev–Trinajstić information content (AvgIpc) is 2.38. The number of allylic oxidation sites excluding steroid dienone is 4. The standard InChI is InChI=1S/C15H16Br4O2/c1-13(2,14(18)7-9(16)3-5-11(14)20)15(19)8-10(17)4-6-12(15)21/h3-8,11-12,20-21H,1-2H3. The molecule has 0 bridgehead atoms. The van der Waals surface area contributed by atoms with E-state index in [1.807, 2.05) is 38.2 Å². The molecule has 2 nitrogen and oxygen atoms in total. The molecule has 0 saturated heterocycles. The summed E-state index contributed by atoms with van der Waals surface area (Å²) in [5.41, 5.74) is -0.563. The van der Waals surface area contributed by atoms with Crippen LogP contribution >= 0.6 is 63.7 Å². The molecule has 0 spiro atoms. The number of aliphatic hydroxyl groups is 2. The summed E-state index contributed by atoms with van der Waals surface area (Å²) in [5, 5.41) is 21.1. The molecule has 0 aromatic rings. The van der Waals surface area contributed by atoms with Crippen molar-refractivity contribution in [2.45, 2.75) is 34.7 Å². The van der Waals surface area contributed by atoms with Crippen molar-refractivity contribution in [3.63, 3.8) is 0 Å². The molecule has 2 rings (SSSR count). The van der Waals surface area contributed by atoms with E-state index in [4.69, 9.17) is 0 Å². The van der Waals surface area contributed by atoms with Crippen molar-refractivity contribution >= 4 is 63.7 Å². The van der Waals surface area contributed by atoms with Crippen LogP contribution in [0.25, 0.3) is 0 Å². The summed E-state index contributed by atoms with van der Waals surface area (Å²) in [4.78, 5) is 0. The van der Waals surface area contributed by atoms with Gasteiger partial charge >= 0.3 is 0 Å². The van der Waals surface area contributed by atoms with Crippen LogP contribution in [0.15, 0.2) is 45.4 Å². The Balaban J connectivity index is 2.56. The van der Waals surface area contributed by atoms with Gasteiger partial charge in [0.15, 0.2) is 0 Å². The Hall–Kier alpha value is 0.800. The van der Waals surface area contributed by atoms with Crippen LogP contribution in [-0.2, 0) is 0 Å². The molecule has 0 heterocycles. The third-order valence-corrected chi connectivity index (χ3v) is 8.71. The second-order valence-corrected chi connectivity index (χ2v) is 10.3. The molecule has 0 aliphatic heterocycles. The van der Waals surface area contributed by atoms with Crippen LogP contribution in [0.3, 0.4) is 0 Å². The lowest BCUT2D eigenvalue weighted by Gasteiger charge is -2.54. The number of alkyl halides is 2. The van der Waals surface area contributed by atoms with Gasteiger partial charge in [0, 0.05) is 14.4 Å². The summed E-state index contributed by atoms with van der Waals surface area (Å²) in [7, 11) is 0. The van der Waals surface area contributed by atoms with Gasteiger partial charge in [0.1, 0.15) is 0 Å². The maximum absolute atomic E-state index is 10.5. The van der Waals surface area contributed by atoms with Crippen molar-refractivity contribution in [1.29, 1.82) is 0 Å². The second-order valence-electron chi connectivity index (χ2n) is 5.83. The van der Waals surface area contributed by atoms with Gasteiger partial charge < -0.3 is 10.2 Å². The van der Waals surface area contributed by atoms with Gasteiger partial charge in [-0.3, -0.25) is 0 Å². The first kappa shape index (κ1) is 18.1. The van der Waals surface area contributed by atoms with Crippen LogP contribution in [0.1, 0.15) is 13.8 Å². The first-order chi connectivity index (χ1) is 9.54. The molecule has 2 aliphatic carbocycles. The summed E-state index contributed by atoms with van der Waals surface area (Å²) in [6.45, 7) is 4.02. The largest absolute Gasteiger partial charge is 0.387 e. The van der Waals surface area contributed by atoms with E-state index >= 15 is 0 Å². The predicted molar refractivity (Wildman–Crippen MR) is 101 cm³/mol. The molecule has 4 atom stereocenters. The van der Waals surface area contributed by atoms with E-state index in [0.717, 1.165) is 8.96 Å². The fourth-order valence-electron chi connectivity index (χ4n) is 2.71. The highest BCUT2D eigenvalue weighted by Crippen LogP contribution is 2.58. The maximum atomic E-state index is 10.5. The third-order valence-electron chi connectivity index (χ3n) is 4.35. The van der Waals surface area contributed by atoms with Gasteiger partial charge in [-0.2, -0.15) is 0 Å². The highest BCUT2D eigenvalue weighted by molar-refractivity contribution is 9.12. The van der Waals surface area contributed by atoms with Gasteiger partial charge in [0.05, 0.1) is 20.9 Å². The van der Waals surface area contributed by atoms with Crippen molar-refractivity contribution in [2.75, 3.05) is 0 Å². The van der Waals surface area contributed by atoms with Crippen LogP contribution in [0.5, 0.6) is 0 Å². The summed E-state index contributed by atoms with van der Waals surface area (Å²) in [6.07, 6.45) is 9.57. The zero-order chi connectivity index (χ0) is 16.1. The van der Waals surface area contributed by atoms with E-state index in [0.29, 0.717) is 0 Å². The first-order valence-corrected chi connectivity index (χ1v) is 9.59. The van der Waals surface area contributed by atoms with Crippen molar-refractivity contribution in [3.8, 4) is 0 Å². The number of hydrogen-bond donors (Lipinski definition) is 2. The third kappa shape index (κ3) is 2.85. The van der Waals surface area contributed by atoms with Crippen molar-refractivity contribution in [2.24, 2.45) is 5.41 Å². The van der Waals surface area contributed by atoms with Gasteiger partial charge in [0.2, 0.25) is 0 Å². The van der Waals surface area contributed by atoms with Crippen LogP contribution < -0.4 is 0 Å². The fourth-order valence-corrected chi connectivity index (χ4v) is 6.07. The molecule has 0 saturated carbocycles. The SMILES string of the molecule is CC(C)(C1(Br)C=C(Br)C=CC1O)C1(Br)C=C(Br)C=CC1O. The topological polar surface area (TPSA) is 40.5 Å². The van der Waals surface area contributed by atoms with Crippen LogP contribution in [0.4, 0.5) is 0 Å². The van der Waals surface area contributed by atoms with Crippen molar-refractivity contribution < 1.29 is 10.2 Å². The zero-order valence-electron chi connectivity index (χ0n) is 11.5. The number of halogens is 4. The monoisotopic (exact) mass is 544 g/mol. The highest BCUT2D eigenvalue weighted by atomic mass is 79.9. The van der Waals surface area contributed by atoms with Crippen LogP contribution in [0.2, 0.25) is 0 Å². The van der Waals surface area contributed by atoms with Crippen LogP contribution in [0, 0.1) is 5.41 Å². The minimum Gasteiger partial charge on any atom is -0.387 e. The summed E-state index contributed by atoms with van der Waals surface area (Å²) < 4.78 is 0.288. The number of hydrogen-bond acceptors (Lipinski definition) is 2. The molecule has 2 N–H and O–H groups in total.